The summed E-state index contributed by atoms with van der Waals surface area (Å²) in [5, 5.41) is 12.1. The van der Waals surface area contributed by atoms with Gasteiger partial charge < -0.3 is 15.2 Å². The summed E-state index contributed by atoms with van der Waals surface area (Å²) in [6.45, 7) is 3.44. The summed E-state index contributed by atoms with van der Waals surface area (Å²) in [4.78, 5) is 11.6. The van der Waals surface area contributed by atoms with E-state index in [9.17, 15) is 9.90 Å². The summed E-state index contributed by atoms with van der Waals surface area (Å²) in [7, 11) is 0. The Kier molecular flexibility index (Phi) is 5.22. The largest absolute Gasteiger partial charge is 0.481 e. The number of nitrogens with one attached hydrogen (secondary N) is 1. The van der Waals surface area contributed by atoms with Crippen molar-refractivity contribution in [1.82, 2.24) is 5.32 Å². The Balaban J connectivity index is 2.73. The van der Waals surface area contributed by atoms with Crippen LogP contribution in [0.1, 0.15) is 25.5 Å². The molecule has 1 amide bonds. The van der Waals surface area contributed by atoms with E-state index in [1.165, 1.54) is 0 Å². The summed E-state index contributed by atoms with van der Waals surface area (Å²) in [6.07, 6.45) is 3.74. The molecule has 0 heterocycles. The first-order valence-corrected chi connectivity index (χ1v) is 5.71. The highest BCUT2D eigenvalue weighted by Crippen LogP contribution is 2.25. The third-order valence-corrected chi connectivity index (χ3v) is 2.41. The number of para-hydroxylation sites is 1. The fourth-order valence-corrected chi connectivity index (χ4v) is 1.46. The van der Waals surface area contributed by atoms with Crippen molar-refractivity contribution in [3.8, 4) is 18.1 Å². The number of ether oxygens (including phenoxy) is 1. The molecule has 1 unspecified atom stereocenters. The maximum atomic E-state index is 11.6. The highest BCUT2D eigenvalue weighted by molar-refractivity contribution is 5.80. The lowest BCUT2D eigenvalue weighted by atomic mass is 10.1. The minimum Gasteiger partial charge on any atom is -0.481 e. The second-order valence-corrected chi connectivity index (χ2v) is 3.90. The number of terminal acetylenes is 1. The third-order valence-electron chi connectivity index (χ3n) is 2.41. The lowest BCUT2D eigenvalue weighted by Crippen LogP contribution is -2.36. The van der Waals surface area contributed by atoms with Crippen molar-refractivity contribution in [2.45, 2.75) is 26.1 Å². The van der Waals surface area contributed by atoms with E-state index in [0.29, 0.717) is 11.3 Å². The summed E-state index contributed by atoms with van der Waals surface area (Å²) < 4.78 is 5.52. The van der Waals surface area contributed by atoms with E-state index in [4.69, 9.17) is 11.2 Å². The van der Waals surface area contributed by atoms with Crippen LogP contribution in [0.15, 0.2) is 24.3 Å². The summed E-state index contributed by atoms with van der Waals surface area (Å²) >= 11 is 0. The molecule has 0 saturated carbocycles. The normalized spacial score (nSPS) is 13.2. The molecule has 0 bridgehead atoms. The zero-order chi connectivity index (χ0) is 13.5. The zero-order valence-electron chi connectivity index (χ0n) is 10.5. The average Bonchev–Trinajstić information content (AvgIpc) is 2.36. The Morgan fingerprint density at radius 1 is 1.50 bits per heavy atom. The van der Waals surface area contributed by atoms with Gasteiger partial charge in [0, 0.05) is 5.56 Å². The number of amides is 1. The third kappa shape index (κ3) is 3.79. The predicted molar refractivity (Wildman–Crippen MR) is 69.0 cm³/mol. The zero-order valence-corrected chi connectivity index (χ0v) is 10.5. The Morgan fingerprint density at radius 3 is 2.78 bits per heavy atom. The van der Waals surface area contributed by atoms with E-state index in [1.54, 1.807) is 38.1 Å². The van der Waals surface area contributed by atoms with E-state index >= 15 is 0 Å². The Hall–Kier alpha value is -1.99. The van der Waals surface area contributed by atoms with Gasteiger partial charge in [0.05, 0.1) is 12.6 Å². The van der Waals surface area contributed by atoms with Crippen LogP contribution in [0, 0.1) is 12.3 Å². The molecule has 2 atom stereocenters. The molecule has 1 rings (SSSR count). The van der Waals surface area contributed by atoms with Crippen molar-refractivity contribution in [2.75, 3.05) is 6.54 Å². The SMILES string of the molecule is C#CCNC(=O)C(C)Oc1ccccc1[C@H](C)O. The van der Waals surface area contributed by atoms with Crippen LogP contribution >= 0.6 is 0 Å². The first kappa shape index (κ1) is 14.1. The van der Waals surface area contributed by atoms with Crippen LogP contribution in [0.5, 0.6) is 5.75 Å². The Bertz CT molecular complexity index is 449. The lowest BCUT2D eigenvalue weighted by molar-refractivity contribution is -0.127. The fourth-order valence-electron chi connectivity index (χ4n) is 1.46. The molecule has 0 aliphatic rings. The van der Waals surface area contributed by atoms with Crippen LogP contribution in [0.25, 0.3) is 0 Å². The number of hydrogen-bond donors (Lipinski definition) is 2. The van der Waals surface area contributed by atoms with Gasteiger partial charge in [-0.25, -0.2) is 0 Å². The quantitative estimate of drug-likeness (QED) is 0.770. The van der Waals surface area contributed by atoms with Crippen molar-refractivity contribution < 1.29 is 14.6 Å². The van der Waals surface area contributed by atoms with E-state index in [0.717, 1.165) is 0 Å². The molecule has 18 heavy (non-hydrogen) atoms. The van der Waals surface area contributed by atoms with E-state index in [2.05, 4.69) is 11.2 Å². The highest BCUT2D eigenvalue weighted by atomic mass is 16.5. The molecule has 0 saturated heterocycles. The molecule has 0 aliphatic heterocycles. The lowest BCUT2D eigenvalue weighted by Gasteiger charge is -2.17. The summed E-state index contributed by atoms with van der Waals surface area (Å²) in [6, 6.07) is 7.06. The van der Waals surface area contributed by atoms with Crippen LogP contribution in [0.3, 0.4) is 0 Å². The molecule has 0 radical (unpaired) electrons. The molecular formula is C14H17NO3. The molecule has 4 nitrogen and oxygen atoms in total. The van der Waals surface area contributed by atoms with Gasteiger partial charge in [0.1, 0.15) is 5.75 Å². The smallest absolute Gasteiger partial charge is 0.261 e. The first-order chi connectivity index (χ1) is 8.56. The first-order valence-electron chi connectivity index (χ1n) is 5.71. The maximum Gasteiger partial charge on any atom is 0.261 e. The molecule has 4 heteroatoms. The van der Waals surface area contributed by atoms with Crippen LogP contribution in [0.4, 0.5) is 0 Å². The van der Waals surface area contributed by atoms with Gasteiger partial charge in [-0.2, -0.15) is 0 Å². The minimum atomic E-state index is -0.668. The van der Waals surface area contributed by atoms with Crippen molar-refractivity contribution in [3.05, 3.63) is 29.8 Å². The van der Waals surface area contributed by atoms with Crippen molar-refractivity contribution in [1.29, 1.82) is 0 Å². The topological polar surface area (TPSA) is 58.6 Å². The van der Waals surface area contributed by atoms with Crippen LogP contribution in [-0.2, 0) is 4.79 Å². The Labute approximate surface area is 107 Å². The fraction of sp³-hybridized carbons (Fsp3) is 0.357. The number of rotatable bonds is 5. The molecule has 2 N–H and O–H groups in total. The van der Waals surface area contributed by atoms with Crippen molar-refractivity contribution in [3.63, 3.8) is 0 Å². The molecule has 0 aromatic heterocycles. The van der Waals surface area contributed by atoms with Crippen LogP contribution < -0.4 is 10.1 Å². The summed E-state index contributed by atoms with van der Waals surface area (Å²) in [5.74, 6) is 2.53. The van der Waals surface area contributed by atoms with Crippen LogP contribution in [0.2, 0.25) is 0 Å². The van der Waals surface area contributed by atoms with E-state index in [-0.39, 0.29) is 12.5 Å². The molecule has 0 aliphatic carbocycles. The summed E-state index contributed by atoms with van der Waals surface area (Å²) in [5.41, 5.74) is 0.647. The van der Waals surface area contributed by atoms with Gasteiger partial charge in [-0.05, 0) is 19.9 Å². The van der Waals surface area contributed by atoms with Gasteiger partial charge in [-0.3, -0.25) is 4.79 Å². The van der Waals surface area contributed by atoms with Gasteiger partial charge in [0.2, 0.25) is 0 Å². The second-order valence-electron chi connectivity index (χ2n) is 3.90. The molecule has 1 aromatic rings. The van der Waals surface area contributed by atoms with Gasteiger partial charge >= 0.3 is 0 Å². The minimum absolute atomic E-state index is 0.171. The van der Waals surface area contributed by atoms with Crippen molar-refractivity contribution >= 4 is 5.91 Å². The number of aliphatic hydroxyl groups is 1. The van der Waals surface area contributed by atoms with Gasteiger partial charge in [-0.1, -0.05) is 24.1 Å². The van der Waals surface area contributed by atoms with Crippen LogP contribution in [-0.4, -0.2) is 23.7 Å². The standard InChI is InChI=1S/C14H17NO3/c1-4-9-15-14(17)11(3)18-13-8-6-5-7-12(13)10(2)16/h1,5-8,10-11,16H,9H2,2-3H3,(H,15,17)/t10-,11?/m0/s1. The molecule has 0 spiro atoms. The number of aliphatic hydroxyl groups excluding tert-OH is 1. The van der Waals surface area contributed by atoms with Crippen molar-refractivity contribution in [2.24, 2.45) is 0 Å². The van der Waals surface area contributed by atoms with E-state index < -0.39 is 12.2 Å². The monoisotopic (exact) mass is 247 g/mol. The molecule has 96 valence electrons. The maximum absolute atomic E-state index is 11.6. The van der Waals surface area contributed by atoms with Gasteiger partial charge in [0.15, 0.2) is 6.10 Å². The highest BCUT2D eigenvalue weighted by Gasteiger charge is 2.16. The molecule has 0 fully saturated rings. The number of carbonyl (C=O) groups is 1. The average molecular weight is 247 g/mol. The van der Waals surface area contributed by atoms with Gasteiger partial charge in [0.25, 0.3) is 5.91 Å². The van der Waals surface area contributed by atoms with E-state index in [1.807, 2.05) is 0 Å². The predicted octanol–water partition coefficient (Wildman–Crippen LogP) is 1.26. The molecular weight excluding hydrogens is 230 g/mol. The number of hydrogen-bond acceptors (Lipinski definition) is 3. The second kappa shape index (κ2) is 6.67. The number of benzene rings is 1. The van der Waals surface area contributed by atoms with Gasteiger partial charge in [-0.15, -0.1) is 6.42 Å². The number of carbonyl (C=O) groups excluding carboxylic acids is 1. The molecule has 1 aromatic carbocycles. The Morgan fingerprint density at radius 2 is 2.17 bits per heavy atom.